The number of amides is 1. The topological polar surface area (TPSA) is 59.0 Å². The summed E-state index contributed by atoms with van der Waals surface area (Å²) in [5.41, 5.74) is 1.55. The second-order valence-corrected chi connectivity index (χ2v) is 6.48. The van der Waals surface area contributed by atoms with Gasteiger partial charge in [-0.1, -0.05) is 6.07 Å². The van der Waals surface area contributed by atoms with E-state index in [9.17, 15) is 9.90 Å². The minimum absolute atomic E-state index is 0.181. The van der Waals surface area contributed by atoms with Gasteiger partial charge in [0.15, 0.2) is 0 Å². The molecule has 0 radical (unpaired) electrons. The fourth-order valence-electron chi connectivity index (χ4n) is 2.65. The highest BCUT2D eigenvalue weighted by Gasteiger charge is 2.33. The van der Waals surface area contributed by atoms with E-state index < -0.39 is 5.60 Å². The lowest BCUT2D eigenvalue weighted by Crippen LogP contribution is -2.44. The van der Waals surface area contributed by atoms with E-state index in [0.717, 1.165) is 11.1 Å². The molecule has 0 saturated carbocycles. The molecule has 2 rings (SSSR count). The van der Waals surface area contributed by atoms with Gasteiger partial charge in [0.2, 0.25) is 0 Å². The molecule has 22 heavy (non-hydrogen) atoms. The molecule has 0 bridgehead atoms. The van der Waals surface area contributed by atoms with Gasteiger partial charge in [-0.25, -0.2) is 4.79 Å². The van der Waals surface area contributed by atoms with Crippen LogP contribution in [0.4, 0.5) is 4.79 Å². The average molecular weight is 307 g/mol. The molecule has 0 aromatic heterocycles. The summed E-state index contributed by atoms with van der Waals surface area (Å²) < 4.78 is 11.1. The van der Waals surface area contributed by atoms with Crippen LogP contribution in [-0.4, -0.2) is 41.5 Å². The SMILES string of the molecule is CCOCC1c2ccc(O)cc2CCN1C(=O)OC(C)(C)C. The second kappa shape index (κ2) is 6.57. The molecule has 5 nitrogen and oxygen atoms in total. The Kier molecular flexibility index (Phi) is 4.96. The van der Waals surface area contributed by atoms with Gasteiger partial charge in [0.1, 0.15) is 11.4 Å². The van der Waals surface area contributed by atoms with Gasteiger partial charge in [-0.2, -0.15) is 0 Å². The van der Waals surface area contributed by atoms with Gasteiger partial charge in [-0.05, 0) is 57.4 Å². The van der Waals surface area contributed by atoms with Crippen molar-refractivity contribution in [3.8, 4) is 5.75 Å². The largest absolute Gasteiger partial charge is 0.508 e. The van der Waals surface area contributed by atoms with Crippen LogP contribution in [0.5, 0.6) is 5.75 Å². The summed E-state index contributed by atoms with van der Waals surface area (Å²) >= 11 is 0. The van der Waals surface area contributed by atoms with E-state index in [1.54, 1.807) is 17.0 Å². The van der Waals surface area contributed by atoms with Crippen molar-refractivity contribution in [1.29, 1.82) is 0 Å². The van der Waals surface area contributed by atoms with Crippen LogP contribution in [0.3, 0.4) is 0 Å². The van der Waals surface area contributed by atoms with Crippen molar-refractivity contribution >= 4 is 6.09 Å². The highest BCUT2D eigenvalue weighted by molar-refractivity contribution is 5.69. The normalized spacial score (nSPS) is 18.0. The van der Waals surface area contributed by atoms with E-state index >= 15 is 0 Å². The minimum Gasteiger partial charge on any atom is -0.508 e. The molecule has 0 aliphatic carbocycles. The lowest BCUT2D eigenvalue weighted by atomic mass is 9.93. The zero-order valence-corrected chi connectivity index (χ0v) is 13.8. The number of carbonyl (C=O) groups excluding carboxylic acids is 1. The predicted octanol–water partition coefficient (Wildman–Crippen LogP) is 3.26. The van der Waals surface area contributed by atoms with Crippen LogP contribution in [-0.2, 0) is 15.9 Å². The zero-order chi connectivity index (χ0) is 16.3. The van der Waals surface area contributed by atoms with E-state index in [2.05, 4.69) is 0 Å². The van der Waals surface area contributed by atoms with Crippen molar-refractivity contribution in [1.82, 2.24) is 4.90 Å². The molecule has 1 unspecified atom stereocenters. The third-order valence-electron chi connectivity index (χ3n) is 3.59. The standard InChI is InChI=1S/C17H25NO4/c1-5-21-11-15-14-7-6-13(19)10-12(14)8-9-18(15)16(20)22-17(2,3)4/h6-7,10,15,19H,5,8-9,11H2,1-4H3. The van der Waals surface area contributed by atoms with Crippen molar-refractivity contribution in [2.75, 3.05) is 19.8 Å². The number of carbonyl (C=O) groups is 1. The fourth-order valence-corrected chi connectivity index (χ4v) is 2.65. The molecular weight excluding hydrogens is 282 g/mol. The summed E-state index contributed by atoms with van der Waals surface area (Å²) in [6.07, 6.45) is 0.377. The summed E-state index contributed by atoms with van der Waals surface area (Å²) in [5.74, 6) is 0.250. The molecule has 1 atom stereocenters. The number of aromatic hydroxyl groups is 1. The highest BCUT2D eigenvalue weighted by Crippen LogP contribution is 2.33. The number of phenolic OH excluding ortho intramolecular Hbond substituents is 1. The van der Waals surface area contributed by atoms with Crippen molar-refractivity contribution in [2.24, 2.45) is 0 Å². The highest BCUT2D eigenvalue weighted by atomic mass is 16.6. The Morgan fingerprint density at radius 3 is 2.77 bits per heavy atom. The van der Waals surface area contributed by atoms with Crippen molar-refractivity contribution in [3.05, 3.63) is 29.3 Å². The maximum Gasteiger partial charge on any atom is 0.410 e. The Morgan fingerprint density at radius 2 is 2.14 bits per heavy atom. The molecule has 0 saturated heterocycles. The first kappa shape index (κ1) is 16.6. The number of hydrogen-bond donors (Lipinski definition) is 1. The summed E-state index contributed by atoms with van der Waals surface area (Å²) in [4.78, 5) is 14.2. The van der Waals surface area contributed by atoms with Crippen molar-refractivity contribution in [2.45, 2.75) is 45.8 Å². The predicted molar refractivity (Wildman–Crippen MR) is 84.0 cm³/mol. The smallest absolute Gasteiger partial charge is 0.410 e. The molecule has 5 heteroatoms. The van der Waals surface area contributed by atoms with Gasteiger partial charge in [0.05, 0.1) is 12.6 Å². The van der Waals surface area contributed by atoms with Gasteiger partial charge in [0.25, 0.3) is 0 Å². The first-order valence-electron chi connectivity index (χ1n) is 7.71. The van der Waals surface area contributed by atoms with Crippen molar-refractivity contribution in [3.63, 3.8) is 0 Å². The van der Waals surface area contributed by atoms with E-state index in [1.807, 2.05) is 33.8 Å². The fraction of sp³-hybridized carbons (Fsp3) is 0.588. The maximum atomic E-state index is 12.5. The number of hydrogen-bond acceptors (Lipinski definition) is 4. The summed E-state index contributed by atoms with van der Waals surface area (Å²) in [5, 5.41) is 9.64. The molecule has 1 amide bonds. The lowest BCUT2D eigenvalue weighted by Gasteiger charge is -2.38. The Labute approximate surface area is 131 Å². The Hall–Kier alpha value is -1.75. The number of rotatable bonds is 3. The molecule has 1 N–H and O–H groups in total. The molecule has 1 aromatic rings. The van der Waals surface area contributed by atoms with Crippen LogP contribution < -0.4 is 0 Å². The Balaban J connectivity index is 2.26. The number of phenols is 1. The van der Waals surface area contributed by atoms with Crippen molar-refractivity contribution < 1.29 is 19.4 Å². The number of nitrogens with zero attached hydrogens (tertiary/aromatic N) is 1. The molecular formula is C17H25NO4. The number of fused-ring (bicyclic) bond motifs is 1. The van der Waals surface area contributed by atoms with E-state index in [4.69, 9.17) is 9.47 Å². The molecule has 1 aliphatic rings. The summed E-state index contributed by atoms with van der Waals surface area (Å²) in [7, 11) is 0. The number of ether oxygens (including phenoxy) is 2. The van der Waals surface area contributed by atoms with Crippen LogP contribution in [0, 0.1) is 0 Å². The van der Waals surface area contributed by atoms with Crippen LogP contribution in [0.2, 0.25) is 0 Å². The molecule has 122 valence electrons. The van der Waals surface area contributed by atoms with Gasteiger partial charge in [0, 0.05) is 13.2 Å². The van der Waals surface area contributed by atoms with Crippen LogP contribution in [0.1, 0.15) is 44.9 Å². The van der Waals surface area contributed by atoms with Crippen LogP contribution in [0.25, 0.3) is 0 Å². The zero-order valence-electron chi connectivity index (χ0n) is 13.8. The second-order valence-electron chi connectivity index (χ2n) is 6.48. The maximum absolute atomic E-state index is 12.5. The third kappa shape index (κ3) is 3.91. The van der Waals surface area contributed by atoms with E-state index in [1.165, 1.54) is 0 Å². The lowest BCUT2D eigenvalue weighted by molar-refractivity contribution is -0.000729. The molecule has 1 aliphatic heterocycles. The average Bonchev–Trinajstić information content (AvgIpc) is 2.42. The number of benzene rings is 1. The van der Waals surface area contributed by atoms with Gasteiger partial charge < -0.3 is 14.6 Å². The third-order valence-corrected chi connectivity index (χ3v) is 3.59. The first-order chi connectivity index (χ1) is 10.3. The quantitative estimate of drug-likeness (QED) is 0.931. The summed E-state index contributed by atoms with van der Waals surface area (Å²) in [6.45, 7) is 9.08. The molecule has 0 spiro atoms. The van der Waals surface area contributed by atoms with Gasteiger partial charge in [-0.15, -0.1) is 0 Å². The minimum atomic E-state index is -0.525. The van der Waals surface area contributed by atoms with Gasteiger partial charge in [-0.3, -0.25) is 4.90 Å². The van der Waals surface area contributed by atoms with Crippen LogP contribution in [0.15, 0.2) is 18.2 Å². The molecule has 1 aromatic carbocycles. The monoisotopic (exact) mass is 307 g/mol. The van der Waals surface area contributed by atoms with Crippen LogP contribution >= 0.6 is 0 Å². The van der Waals surface area contributed by atoms with E-state index in [-0.39, 0.29) is 17.9 Å². The van der Waals surface area contributed by atoms with E-state index in [0.29, 0.717) is 26.2 Å². The first-order valence-corrected chi connectivity index (χ1v) is 7.71. The molecule has 1 heterocycles. The Bertz CT molecular complexity index is 536. The summed E-state index contributed by atoms with van der Waals surface area (Å²) in [6, 6.07) is 5.10. The molecule has 0 fully saturated rings. The van der Waals surface area contributed by atoms with Gasteiger partial charge >= 0.3 is 6.09 Å². The Morgan fingerprint density at radius 1 is 1.41 bits per heavy atom.